The first-order valence-corrected chi connectivity index (χ1v) is 7.90. The molecule has 0 aliphatic carbocycles. The first-order chi connectivity index (χ1) is 10.9. The van der Waals surface area contributed by atoms with Crippen LogP contribution >= 0.6 is 0 Å². The number of hydrogen-bond acceptors (Lipinski definition) is 2. The fourth-order valence-corrected chi connectivity index (χ4v) is 2.70. The molecule has 1 saturated heterocycles. The zero-order chi connectivity index (χ0) is 17.0. The molecule has 0 unspecified atom stereocenters. The lowest BCUT2D eigenvalue weighted by molar-refractivity contribution is -0.122. The van der Waals surface area contributed by atoms with Crippen molar-refractivity contribution in [2.75, 3.05) is 13.1 Å². The van der Waals surface area contributed by atoms with E-state index in [1.807, 2.05) is 13.8 Å². The Bertz CT molecular complexity index is 582. The summed E-state index contributed by atoms with van der Waals surface area (Å²) in [5, 5.41) is 2.98. The van der Waals surface area contributed by atoms with Crippen molar-refractivity contribution in [2.24, 2.45) is 5.92 Å². The molecule has 0 spiro atoms. The average molecular weight is 324 g/mol. The van der Waals surface area contributed by atoms with Crippen molar-refractivity contribution >= 4 is 11.8 Å². The summed E-state index contributed by atoms with van der Waals surface area (Å²) < 4.78 is 26.2. The van der Waals surface area contributed by atoms with Gasteiger partial charge in [0.15, 0.2) is 11.6 Å². The Kier molecular flexibility index (Phi) is 5.69. The molecule has 0 bridgehead atoms. The van der Waals surface area contributed by atoms with Gasteiger partial charge in [-0.05, 0) is 37.0 Å². The molecule has 1 aliphatic rings. The quantitative estimate of drug-likeness (QED) is 0.926. The number of halogens is 2. The molecule has 1 aliphatic heterocycles. The molecular weight excluding hydrogens is 302 g/mol. The van der Waals surface area contributed by atoms with Gasteiger partial charge in [-0.2, -0.15) is 0 Å². The second kappa shape index (κ2) is 7.53. The van der Waals surface area contributed by atoms with E-state index in [1.54, 1.807) is 4.90 Å². The number of carbonyl (C=O) groups excluding carboxylic acids is 2. The Morgan fingerprint density at radius 3 is 2.43 bits per heavy atom. The number of benzene rings is 1. The second-order valence-electron chi connectivity index (χ2n) is 6.36. The zero-order valence-electron chi connectivity index (χ0n) is 13.4. The highest BCUT2D eigenvalue weighted by Gasteiger charge is 2.25. The van der Waals surface area contributed by atoms with Crippen molar-refractivity contribution in [1.29, 1.82) is 0 Å². The number of nitrogens with zero attached hydrogens (tertiary/aromatic N) is 1. The summed E-state index contributed by atoms with van der Waals surface area (Å²) >= 11 is 0. The van der Waals surface area contributed by atoms with Crippen molar-refractivity contribution in [3.8, 4) is 0 Å². The van der Waals surface area contributed by atoms with Crippen LogP contribution < -0.4 is 5.32 Å². The van der Waals surface area contributed by atoms with E-state index in [4.69, 9.17) is 0 Å². The van der Waals surface area contributed by atoms with Gasteiger partial charge >= 0.3 is 0 Å². The highest BCUT2D eigenvalue weighted by molar-refractivity contribution is 5.94. The van der Waals surface area contributed by atoms with Gasteiger partial charge in [0.2, 0.25) is 5.91 Å². The molecule has 4 nitrogen and oxygen atoms in total. The van der Waals surface area contributed by atoms with E-state index in [-0.39, 0.29) is 23.4 Å². The number of nitrogens with one attached hydrogen (secondary N) is 1. The van der Waals surface area contributed by atoms with Crippen molar-refractivity contribution < 1.29 is 18.4 Å². The number of amides is 2. The molecule has 0 saturated carbocycles. The van der Waals surface area contributed by atoms with Crippen molar-refractivity contribution in [3.63, 3.8) is 0 Å². The maximum absolute atomic E-state index is 13.2. The SMILES string of the molecule is CC(C)CC(=O)NC1CCN(C(=O)c2ccc(F)c(F)c2)CC1. The number of likely N-dealkylation sites (tertiary alicyclic amines) is 1. The minimum atomic E-state index is -1.02. The molecule has 6 heteroatoms. The third kappa shape index (κ3) is 4.74. The molecule has 1 aromatic rings. The molecule has 1 fully saturated rings. The predicted molar refractivity (Wildman–Crippen MR) is 82.9 cm³/mol. The first-order valence-electron chi connectivity index (χ1n) is 7.90. The zero-order valence-corrected chi connectivity index (χ0v) is 13.4. The fourth-order valence-electron chi connectivity index (χ4n) is 2.70. The van der Waals surface area contributed by atoms with Crippen molar-refractivity contribution in [3.05, 3.63) is 35.4 Å². The molecule has 23 heavy (non-hydrogen) atoms. The van der Waals surface area contributed by atoms with Gasteiger partial charge in [-0.15, -0.1) is 0 Å². The number of hydrogen-bond donors (Lipinski definition) is 1. The molecule has 1 N–H and O–H groups in total. The minimum Gasteiger partial charge on any atom is -0.353 e. The van der Waals surface area contributed by atoms with Gasteiger partial charge in [0, 0.05) is 31.1 Å². The van der Waals surface area contributed by atoms with E-state index >= 15 is 0 Å². The summed E-state index contributed by atoms with van der Waals surface area (Å²) in [7, 11) is 0. The number of carbonyl (C=O) groups is 2. The Hall–Kier alpha value is -1.98. The van der Waals surface area contributed by atoms with Crippen LogP contribution in [0.2, 0.25) is 0 Å². The van der Waals surface area contributed by atoms with Crippen LogP contribution in [-0.4, -0.2) is 35.8 Å². The summed E-state index contributed by atoms with van der Waals surface area (Å²) in [4.78, 5) is 25.7. The normalized spacial score (nSPS) is 15.8. The smallest absolute Gasteiger partial charge is 0.253 e. The summed E-state index contributed by atoms with van der Waals surface area (Å²) in [5.41, 5.74) is 0.145. The van der Waals surface area contributed by atoms with E-state index in [2.05, 4.69) is 5.32 Å². The van der Waals surface area contributed by atoms with Gasteiger partial charge in [-0.25, -0.2) is 8.78 Å². The maximum Gasteiger partial charge on any atom is 0.253 e. The highest BCUT2D eigenvalue weighted by Crippen LogP contribution is 2.16. The Morgan fingerprint density at radius 1 is 1.22 bits per heavy atom. The third-order valence-electron chi connectivity index (χ3n) is 3.91. The van der Waals surface area contributed by atoms with Gasteiger partial charge in [0.1, 0.15) is 0 Å². The Labute approximate surface area is 134 Å². The largest absolute Gasteiger partial charge is 0.353 e. The van der Waals surface area contributed by atoms with Gasteiger partial charge in [-0.1, -0.05) is 13.8 Å². The van der Waals surface area contributed by atoms with Gasteiger partial charge < -0.3 is 10.2 Å². The van der Waals surface area contributed by atoms with Crippen LogP contribution in [0.5, 0.6) is 0 Å². The topological polar surface area (TPSA) is 49.4 Å². The van der Waals surface area contributed by atoms with Crippen LogP contribution in [-0.2, 0) is 4.79 Å². The first kappa shape index (κ1) is 17.4. The van der Waals surface area contributed by atoms with Crippen LogP contribution in [0.1, 0.15) is 43.5 Å². The summed E-state index contributed by atoms with van der Waals surface area (Å²) in [6.07, 6.45) is 1.83. The van der Waals surface area contributed by atoms with E-state index < -0.39 is 11.6 Å². The molecule has 126 valence electrons. The summed E-state index contributed by atoms with van der Waals surface area (Å²) in [6.45, 7) is 4.96. The second-order valence-corrected chi connectivity index (χ2v) is 6.36. The van der Waals surface area contributed by atoms with Gasteiger partial charge in [0.05, 0.1) is 0 Å². The number of rotatable bonds is 4. The van der Waals surface area contributed by atoms with Crippen LogP contribution in [0.15, 0.2) is 18.2 Å². The summed E-state index contributed by atoms with van der Waals surface area (Å²) in [5.74, 6) is -1.95. The molecule has 2 amide bonds. The molecular formula is C17H22F2N2O2. The van der Waals surface area contributed by atoms with Crippen molar-refractivity contribution in [2.45, 2.75) is 39.2 Å². The van der Waals surface area contributed by atoms with E-state index in [0.29, 0.717) is 38.3 Å². The highest BCUT2D eigenvalue weighted by atomic mass is 19.2. The lowest BCUT2D eigenvalue weighted by atomic mass is 10.0. The average Bonchev–Trinajstić information content (AvgIpc) is 2.49. The van der Waals surface area contributed by atoms with Crippen LogP contribution in [0.3, 0.4) is 0 Å². The molecule has 0 atom stereocenters. The Morgan fingerprint density at radius 2 is 1.87 bits per heavy atom. The van der Waals surface area contributed by atoms with Gasteiger partial charge in [0.25, 0.3) is 5.91 Å². The predicted octanol–water partition coefficient (Wildman–Crippen LogP) is 2.73. The lowest BCUT2D eigenvalue weighted by Crippen LogP contribution is -2.46. The standard InChI is InChI=1S/C17H22F2N2O2/c1-11(2)9-16(22)20-13-5-7-21(8-6-13)17(23)12-3-4-14(18)15(19)10-12/h3-4,10-11,13H,5-9H2,1-2H3,(H,20,22). The van der Waals surface area contributed by atoms with Crippen molar-refractivity contribution in [1.82, 2.24) is 10.2 Å². The summed E-state index contributed by atoms with van der Waals surface area (Å²) in [6, 6.07) is 3.24. The molecule has 0 aromatic heterocycles. The molecule has 2 rings (SSSR count). The van der Waals surface area contributed by atoms with Crippen LogP contribution in [0, 0.1) is 17.6 Å². The Balaban J connectivity index is 1.87. The van der Waals surface area contributed by atoms with E-state index in [1.165, 1.54) is 6.07 Å². The number of piperidine rings is 1. The van der Waals surface area contributed by atoms with Gasteiger partial charge in [-0.3, -0.25) is 9.59 Å². The monoisotopic (exact) mass is 324 g/mol. The van der Waals surface area contributed by atoms with E-state index in [0.717, 1.165) is 12.1 Å². The van der Waals surface area contributed by atoms with Crippen LogP contribution in [0.25, 0.3) is 0 Å². The third-order valence-corrected chi connectivity index (χ3v) is 3.91. The van der Waals surface area contributed by atoms with Crippen LogP contribution in [0.4, 0.5) is 8.78 Å². The van der Waals surface area contributed by atoms with E-state index in [9.17, 15) is 18.4 Å². The molecule has 1 aromatic carbocycles. The minimum absolute atomic E-state index is 0.0328. The maximum atomic E-state index is 13.2. The lowest BCUT2D eigenvalue weighted by Gasteiger charge is -2.32. The fraction of sp³-hybridized carbons (Fsp3) is 0.529. The molecule has 1 heterocycles. The molecule has 0 radical (unpaired) electrons.